The van der Waals surface area contributed by atoms with Crippen LogP contribution in [0.25, 0.3) is 0 Å². The molecular formula is C11H17N3O2. The highest BCUT2D eigenvalue weighted by atomic mass is 16.4. The molecule has 1 fully saturated rings. The molecule has 0 radical (unpaired) electrons. The third kappa shape index (κ3) is 2.09. The summed E-state index contributed by atoms with van der Waals surface area (Å²) in [4.78, 5) is 13.0. The van der Waals surface area contributed by atoms with E-state index in [0.29, 0.717) is 6.54 Å². The highest BCUT2D eigenvalue weighted by Gasteiger charge is 2.28. The summed E-state index contributed by atoms with van der Waals surface area (Å²) in [6.45, 7) is 4.37. The molecule has 1 aromatic heterocycles. The lowest BCUT2D eigenvalue weighted by Gasteiger charge is -2.14. The number of carbonyl (C=O) groups is 1. The number of aromatic nitrogens is 2. The summed E-state index contributed by atoms with van der Waals surface area (Å²) >= 11 is 0. The van der Waals surface area contributed by atoms with Gasteiger partial charge in [-0.25, -0.2) is 0 Å². The van der Waals surface area contributed by atoms with Crippen molar-refractivity contribution in [2.75, 3.05) is 13.1 Å². The maximum Gasteiger partial charge on any atom is 0.307 e. The van der Waals surface area contributed by atoms with Crippen molar-refractivity contribution in [3.63, 3.8) is 0 Å². The van der Waals surface area contributed by atoms with Crippen LogP contribution >= 0.6 is 0 Å². The van der Waals surface area contributed by atoms with Gasteiger partial charge < -0.3 is 5.11 Å². The van der Waals surface area contributed by atoms with Crippen LogP contribution in [-0.4, -0.2) is 38.8 Å². The first-order valence-electron chi connectivity index (χ1n) is 5.50. The minimum atomic E-state index is -0.676. The lowest BCUT2D eigenvalue weighted by atomic mass is 10.1. The molecule has 1 unspecified atom stereocenters. The Kier molecular flexibility index (Phi) is 2.96. The zero-order valence-electron chi connectivity index (χ0n) is 9.68. The molecule has 0 amide bonds. The second-order valence-corrected chi connectivity index (χ2v) is 4.44. The van der Waals surface area contributed by atoms with E-state index in [0.717, 1.165) is 25.2 Å². The zero-order valence-corrected chi connectivity index (χ0v) is 9.68. The van der Waals surface area contributed by atoms with Gasteiger partial charge in [-0.05, 0) is 19.9 Å². The number of hydrogen-bond acceptors (Lipinski definition) is 3. The fourth-order valence-corrected chi connectivity index (χ4v) is 2.12. The Morgan fingerprint density at radius 1 is 1.69 bits per heavy atom. The third-order valence-electron chi connectivity index (χ3n) is 3.35. The van der Waals surface area contributed by atoms with Gasteiger partial charge in [-0.3, -0.25) is 14.4 Å². The number of aliphatic carboxylic acids is 1. The normalized spacial score (nSPS) is 21.5. The van der Waals surface area contributed by atoms with E-state index in [4.69, 9.17) is 5.11 Å². The van der Waals surface area contributed by atoms with Crippen LogP contribution < -0.4 is 0 Å². The molecule has 1 aliphatic rings. The molecule has 2 heterocycles. The van der Waals surface area contributed by atoms with Crippen molar-refractivity contribution in [3.05, 3.63) is 17.5 Å². The van der Waals surface area contributed by atoms with Gasteiger partial charge in [0.05, 0.1) is 12.1 Å². The number of nitrogens with zero attached hydrogens (tertiary/aromatic N) is 3. The molecule has 0 aliphatic carbocycles. The molecular weight excluding hydrogens is 206 g/mol. The molecule has 0 aromatic carbocycles. The number of likely N-dealkylation sites (tertiary alicyclic amines) is 1. The molecule has 16 heavy (non-hydrogen) atoms. The van der Waals surface area contributed by atoms with E-state index in [-0.39, 0.29) is 5.92 Å². The van der Waals surface area contributed by atoms with Crippen LogP contribution in [-0.2, 0) is 18.4 Å². The number of carboxylic acid groups (broad SMARTS) is 1. The molecule has 0 bridgehead atoms. The van der Waals surface area contributed by atoms with E-state index in [1.165, 1.54) is 5.56 Å². The highest BCUT2D eigenvalue weighted by Crippen LogP contribution is 2.19. The minimum Gasteiger partial charge on any atom is -0.481 e. The predicted octanol–water partition coefficient (Wildman–Crippen LogP) is 0.635. The predicted molar refractivity (Wildman–Crippen MR) is 59.0 cm³/mol. The van der Waals surface area contributed by atoms with Gasteiger partial charge in [0.25, 0.3) is 0 Å². The molecule has 5 heteroatoms. The van der Waals surface area contributed by atoms with Crippen LogP contribution in [0.2, 0.25) is 0 Å². The van der Waals surface area contributed by atoms with Crippen LogP contribution in [0.1, 0.15) is 17.7 Å². The van der Waals surface area contributed by atoms with E-state index < -0.39 is 5.97 Å². The summed E-state index contributed by atoms with van der Waals surface area (Å²) in [5, 5.41) is 13.1. The zero-order chi connectivity index (χ0) is 11.7. The molecule has 1 aromatic rings. The molecule has 1 atom stereocenters. The Balaban J connectivity index is 1.97. The monoisotopic (exact) mass is 223 g/mol. The van der Waals surface area contributed by atoms with Gasteiger partial charge in [-0.1, -0.05) is 0 Å². The maximum absolute atomic E-state index is 10.8. The summed E-state index contributed by atoms with van der Waals surface area (Å²) in [7, 11) is 1.92. The van der Waals surface area contributed by atoms with Gasteiger partial charge >= 0.3 is 5.97 Å². The van der Waals surface area contributed by atoms with Crippen molar-refractivity contribution in [1.82, 2.24) is 14.7 Å². The molecule has 2 rings (SSSR count). The molecule has 1 aliphatic heterocycles. The van der Waals surface area contributed by atoms with Gasteiger partial charge in [0.1, 0.15) is 0 Å². The van der Waals surface area contributed by atoms with E-state index in [9.17, 15) is 4.79 Å². The summed E-state index contributed by atoms with van der Waals surface area (Å²) in [6, 6.07) is 0. The standard InChI is InChI=1S/C11H17N3O2/c1-8-10(5-12-13(8)2)7-14-4-3-9(6-14)11(15)16/h5,9H,3-4,6-7H2,1-2H3,(H,15,16). The van der Waals surface area contributed by atoms with Crippen molar-refractivity contribution in [2.24, 2.45) is 13.0 Å². The van der Waals surface area contributed by atoms with E-state index in [2.05, 4.69) is 10.00 Å². The Hall–Kier alpha value is -1.36. The van der Waals surface area contributed by atoms with Crippen LogP contribution in [0, 0.1) is 12.8 Å². The summed E-state index contributed by atoms with van der Waals surface area (Å²) in [6.07, 6.45) is 2.62. The van der Waals surface area contributed by atoms with E-state index in [1.54, 1.807) is 0 Å². The number of aryl methyl sites for hydroxylation is 1. The number of carboxylic acids is 1. The Bertz CT molecular complexity index is 400. The fourth-order valence-electron chi connectivity index (χ4n) is 2.12. The average molecular weight is 223 g/mol. The van der Waals surface area contributed by atoms with Gasteiger partial charge in [0.2, 0.25) is 0 Å². The second kappa shape index (κ2) is 4.25. The van der Waals surface area contributed by atoms with Crippen molar-refractivity contribution >= 4 is 5.97 Å². The second-order valence-electron chi connectivity index (χ2n) is 4.44. The quantitative estimate of drug-likeness (QED) is 0.816. The first-order chi connectivity index (χ1) is 7.58. The summed E-state index contributed by atoms with van der Waals surface area (Å²) < 4.78 is 1.85. The van der Waals surface area contributed by atoms with Crippen LogP contribution in [0.3, 0.4) is 0 Å². The first-order valence-corrected chi connectivity index (χ1v) is 5.50. The van der Waals surface area contributed by atoms with Crippen LogP contribution in [0.5, 0.6) is 0 Å². The van der Waals surface area contributed by atoms with E-state index >= 15 is 0 Å². The van der Waals surface area contributed by atoms with Crippen molar-refractivity contribution in [3.8, 4) is 0 Å². The molecule has 88 valence electrons. The van der Waals surface area contributed by atoms with Crippen molar-refractivity contribution in [2.45, 2.75) is 19.9 Å². The number of hydrogen-bond donors (Lipinski definition) is 1. The van der Waals surface area contributed by atoms with E-state index in [1.807, 2.05) is 24.9 Å². The maximum atomic E-state index is 10.8. The van der Waals surface area contributed by atoms with Crippen molar-refractivity contribution in [1.29, 1.82) is 0 Å². The van der Waals surface area contributed by atoms with Gasteiger partial charge in [0, 0.05) is 31.4 Å². The molecule has 1 saturated heterocycles. The molecule has 0 saturated carbocycles. The molecule has 1 N–H and O–H groups in total. The number of rotatable bonds is 3. The minimum absolute atomic E-state index is 0.197. The molecule has 5 nitrogen and oxygen atoms in total. The van der Waals surface area contributed by atoms with Gasteiger partial charge in [-0.15, -0.1) is 0 Å². The van der Waals surface area contributed by atoms with Crippen LogP contribution in [0.4, 0.5) is 0 Å². The van der Waals surface area contributed by atoms with Crippen LogP contribution in [0.15, 0.2) is 6.20 Å². The SMILES string of the molecule is Cc1c(CN2CCC(C(=O)O)C2)cnn1C. The summed E-state index contributed by atoms with van der Waals surface area (Å²) in [5.41, 5.74) is 2.34. The third-order valence-corrected chi connectivity index (χ3v) is 3.35. The smallest absolute Gasteiger partial charge is 0.307 e. The van der Waals surface area contributed by atoms with Gasteiger partial charge in [0.15, 0.2) is 0 Å². The average Bonchev–Trinajstić information content (AvgIpc) is 2.81. The Morgan fingerprint density at radius 2 is 2.44 bits per heavy atom. The lowest BCUT2D eigenvalue weighted by Crippen LogP contribution is -2.23. The molecule has 0 spiro atoms. The van der Waals surface area contributed by atoms with Gasteiger partial charge in [-0.2, -0.15) is 5.10 Å². The Labute approximate surface area is 94.7 Å². The first kappa shape index (κ1) is 11.1. The Morgan fingerprint density at radius 3 is 2.94 bits per heavy atom. The fraction of sp³-hybridized carbons (Fsp3) is 0.636. The highest BCUT2D eigenvalue weighted by molar-refractivity contribution is 5.70. The summed E-state index contributed by atoms with van der Waals surface area (Å²) in [5.74, 6) is -0.873. The van der Waals surface area contributed by atoms with Crippen molar-refractivity contribution < 1.29 is 9.90 Å². The lowest BCUT2D eigenvalue weighted by molar-refractivity contribution is -0.141. The topological polar surface area (TPSA) is 58.4 Å². The largest absolute Gasteiger partial charge is 0.481 e.